The summed E-state index contributed by atoms with van der Waals surface area (Å²) in [6.45, 7) is 0. The van der Waals surface area contributed by atoms with Gasteiger partial charge >= 0.3 is 0 Å². The van der Waals surface area contributed by atoms with Crippen LogP contribution >= 0.6 is 0 Å². The predicted molar refractivity (Wildman–Crippen MR) is 62.5 cm³/mol. The lowest BCUT2D eigenvalue weighted by atomic mass is 10.1. The first-order valence-electron chi connectivity index (χ1n) is 4.89. The summed E-state index contributed by atoms with van der Waals surface area (Å²) in [5.74, 6) is 3.81. The highest BCUT2D eigenvalue weighted by molar-refractivity contribution is 6.01. The van der Waals surface area contributed by atoms with Crippen molar-refractivity contribution < 1.29 is 9.90 Å². The van der Waals surface area contributed by atoms with Crippen molar-refractivity contribution in [3.8, 4) is 5.75 Å². The molecule has 1 aromatic heterocycles. The van der Waals surface area contributed by atoms with Crippen LogP contribution in [0.4, 0.5) is 0 Å². The number of benzene rings is 1. The molecule has 4 N–H and O–H groups in total. The van der Waals surface area contributed by atoms with Crippen molar-refractivity contribution in [3.05, 3.63) is 40.2 Å². The lowest BCUT2D eigenvalue weighted by Gasteiger charge is -2.10. The van der Waals surface area contributed by atoms with Crippen LogP contribution in [-0.2, 0) is 7.05 Å². The number of nitrogens with two attached hydrogens (primary N) is 1. The van der Waals surface area contributed by atoms with Gasteiger partial charge in [0.1, 0.15) is 11.3 Å². The number of para-hydroxylation sites is 1. The summed E-state index contributed by atoms with van der Waals surface area (Å²) in [7, 11) is 1.53. The largest absolute Gasteiger partial charge is 0.506 e. The minimum Gasteiger partial charge on any atom is -0.506 e. The number of aryl methyl sites for hydroxylation is 1. The second-order valence-electron chi connectivity index (χ2n) is 3.58. The van der Waals surface area contributed by atoms with Crippen molar-refractivity contribution in [1.29, 1.82) is 0 Å². The van der Waals surface area contributed by atoms with Gasteiger partial charge in [0.15, 0.2) is 0 Å². The van der Waals surface area contributed by atoms with Crippen molar-refractivity contribution in [2.45, 2.75) is 0 Å². The van der Waals surface area contributed by atoms with Gasteiger partial charge in [-0.05, 0) is 12.1 Å². The van der Waals surface area contributed by atoms with Crippen LogP contribution in [0.3, 0.4) is 0 Å². The standard InChI is InChI=1S/C11H11N3O3/c1-14-7-5-3-2-4-6(7)9(15)8(11(14)17)10(16)13-12/h2-5,15H,12H2,1H3,(H,13,16). The molecule has 1 aromatic carbocycles. The zero-order valence-corrected chi connectivity index (χ0v) is 9.10. The van der Waals surface area contributed by atoms with Gasteiger partial charge in [0, 0.05) is 12.4 Å². The molecule has 0 radical (unpaired) electrons. The average Bonchev–Trinajstić information content (AvgIpc) is 2.36. The van der Waals surface area contributed by atoms with Crippen LogP contribution in [-0.4, -0.2) is 15.6 Å². The molecule has 0 spiro atoms. The molecule has 2 aromatic rings. The minimum absolute atomic E-state index is 0.353. The Bertz CT molecular complexity index is 661. The summed E-state index contributed by atoms with van der Waals surface area (Å²) >= 11 is 0. The first kappa shape index (κ1) is 11.2. The SMILES string of the molecule is Cn1c(=O)c(C(=O)NN)c(O)c2ccccc21. The summed E-state index contributed by atoms with van der Waals surface area (Å²) in [5.41, 5.74) is 1.44. The molecule has 0 atom stereocenters. The van der Waals surface area contributed by atoms with E-state index in [0.29, 0.717) is 10.9 Å². The maximum absolute atomic E-state index is 11.9. The summed E-state index contributed by atoms with van der Waals surface area (Å²) in [4.78, 5) is 23.3. The zero-order valence-electron chi connectivity index (χ0n) is 9.10. The van der Waals surface area contributed by atoms with Gasteiger partial charge < -0.3 is 9.67 Å². The Morgan fingerprint density at radius 1 is 1.41 bits per heavy atom. The summed E-state index contributed by atoms with van der Waals surface area (Å²) in [6.07, 6.45) is 0. The third-order valence-corrected chi connectivity index (χ3v) is 2.63. The van der Waals surface area contributed by atoms with E-state index in [1.165, 1.54) is 11.6 Å². The topological polar surface area (TPSA) is 97.4 Å². The molecule has 2 rings (SSSR count). The van der Waals surface area contributed by atoms with Gasteiger partial charge in [0.2, 0.25) is 0 Å². The minimum atomic E-state index is -0.811. The Hall–Kier alpha value is -2.34. The molecule has 0 aliphatic rings. The van der Waals surface area contributed by atoms with Crippen LogP contribution in [0.25, 0.3) is 10.9 Å². The van der Waals surface area contributed by atoms with E-state index in [2.05, 4.69) is 0 Å². The number of amides is 1. The molecular weight excluding hydrogens is 222 g/mol. The normalized spacial score (nSPS) is 10.5. The summed E-state index contributed by atoms with van der Waals surface area (Å²) in [5, 5.41) is 10.4. The Morgan fingerprint density at radius 3 is 2.71 bits per heavy atom. The van der Waals surface area contributed by atoms with Gasteiger partial charge in [-0.2, -0.15) is 0 Å². The second kappa shape index (κ2) is 3.91. The maximum atomic E-state index is 11.9. The number of nitrogens with one attached hydrogen (secondary N) is 1. The van der Waals surface area contributed by atoms with E-state index in [-0.39, 0.29) is 11.3 Å². The second-order valence-corrected chi connectivity index (χ2v) is 3.58. The number of fused-ring (bicyclic) bond motifs is 1. The Morgan fingerprint density at radius 2 is 2.06 bits per heavy atom. The number of carbonyl (C=O) groups is 1. The zero-order chi connectivity index (χ0) is 12.6. The van der Waals surface area contributed by atoms with Crippen LogP contribution in [0.15, 0.2) is 29.1 Å². The van der Waals surface area contributed by atoms with E-state index in [4.69, 9.17) is 5.84 Å². The molecule has 6 nitrogen and oxygen atoms in total. The highest BCUT2D eigenvalue weighted by Crippen LogP contribution is 2.25. The number of nitrogen functional groups attached to an aromatic ring is 1. The molecule has 0 bridgehead atoms. The van der Waals surface area contributed by atoms with E-state index in [0.717, 1.165) is 0 Å². The molecule has 0 aliphatic heterocycles. The number of carbonyl (C=O) groups excluding carboxylic acids is 1. The highest BCUT2D eigenvalue weighted by Gasteiger charge is 2.19. The van der Waals surface area contributed by atoms with Crippen LogP contribution in [0.1, 0.15) is 10.4 Å². The van der Waals surface area contributed by atoms with E-state index in [1.54, 1.807) is 24.3 Å². The van der Waals surface area contributed by atoms with E-state index in [1.807, 2.05) is 5.43 Å². The molecule has 1 amide bonds. The lowest BCUT2D eigenvalue weighted by molar-refractivity contribution is 0.0949. The van der Waals surface area contributed by atoms with Gasteiger partial charge in [0.05, 0.1) is 5.52 Å². The van der Waals surface area contributed by atoms with Crippen LogP contribution in [0.5, 0.6) is 5.75 Å². The van der Waals surface area contributed by atoms with Crippen LogP contribution < -0.4 is 16.8 Å². The molecule has 0 saturated heterocycles. The molecule has 0 aliphatic carbocycles. The molecule has 1 heterocycles. The molecule has 88 valence electrons. The van der Waals surface area contributed by atoms with Gasteiger partial charge in [-0.15, -0.1) is 0 Å². The molecule has 6 heteroatoms. The maximum Gasteiger partial charge on any atom is 0.274 e. The third kappa shape index (κ3) is 1.55. The third-order valence-electron chi connectivity index (χ3n) is 2.63. The quantitative estimate of drug-likeness (QED) is 0.362. The molecule has 17 heavy (non-hydrogen) atoms. The number of pyridine rings is 1. The predicted octanol–water partition coefficient (Wildman–Crippen LogP) is -0.152. The monoisotopic (exact) mass is 233 g/mol. The fraction of sp³-hybridized carbons (Fsp3) is 0.0909. The van der Waals surface area contributed by atoms with E-state index in [9.17, 15) is 14.7 Å². The average molecular weight is 233 g/mol. The van der Waals surface area contributed by atoms with E-state index < -0.39 is 11.5 Å². The molecule has 0 fully saturated rings. The van der Waals surface area contributed by atoms with Crippen LogP contribution in [0, 0.1) is 0 Å². The number of aromatic nitrogens is 1. The molecule has 0 unspecified atom stereocenters. The Kier molecular flexibility index (Phi) is 2.57. The smallest absolute Gasteiger partial charge is 0.274 e. The lowest BCUT2D eigenvalue weighted by Crippen LogP contribution is -2.36. The highest BCUT2D eigenvalue weighted by atomic mass is 16.3. The van der Waals surface area contributed by atoms with Gasteiger partial charge in [-0.3, -0.25) is 15.0 Å². The summed E-state index contributed by atoms with van der Waals surface area (Å²) in [6, 6.07) is 6.75. The van der Waals surface area contributed by atoms with Gasteiger partial charge in [-0.1, -0.05) is 12.1 Å². The molecule has 0 saturated carbocycles. The fourth-order valence-electron chi connectivity index (χ4n) is 1.76. The van der Waals surface area contributed by atoms with Crippen molar-refractivity contribution in [1.82, 2.24) is 9.99 Å². The summed E-state index contributed by atoms with van der Waals surface area (Å²) < 4.78 is 1.29. The Labute approximate surface area is 96.2 Å². The van der Waals surface area contributed by atoms with Crippen molar-refractivity contribution >= 4 is 16.8 Å². The fourth-order valence-corrected chi connectivity index (χ4v) is 1.76. The van der Waals surface area contributed by atoms with Crippen molar-refractivity contribution in [2.24, 2.45) is 12.9 Å². The number of hydrogen-bond acceptors (Lipinski definition) is 4. The van der Waals surface area contributed by atoms with Gasteiger partial charge in [0.25, 0.3) is 11.5 Å². The van der Waals surface area contributed by atoms with Crippen molar-refractivity contribution in [2.75, 3.05) is 0 Å². The van der Waals surface area contributed by atoms with E-state index >= 15 is 0 Å². The molecular formula is C11H11N3O3. The number of rotatable bonds is 1. The first-order valence-corrected chi connectivity index (χ1v) is 4.89. The Balaban J connectivity index is 2.97. The number of nitrogens with zero attached hydrogens (tertiary/aromatic N) is 1. The van der Waals surface area contributed by atoms with Crippen LogP contribution in [0.2, 0.25) is 0 Å². The number of hydrogen-bond donors (Lipinski definition) is 3. The first-order chi connectivity index (χ1) is 8.07. The van der Waals surface area contributed by atoms with Gasteiger partial charge in [-0.25, -0.2) is 5.84 Å². The number of hydrazine groups is 1. The number of aromatic hydroxyl groups is 1. The van der Waals surface area contributed by atoms with Crippen molar-refractivity contribution in [3.63, 3.8) is 0 Å².